The van der Waals surface area contributed by atoms with Crippen LogP contribution in [0.2, 0.25) is 0 Å². The van der Waals surface area contributed by atoms with Crippen LogP contribution in [-0.2, 0) is 20.9 Å². The molecule has 0 aliphatic carbocycles. The lowest BCUT2D eigenvalue weighted by Crippen LogP contribution is -2.43. The quantitative estimate of drug-likeness (QED) is 0.780. The standard InChI is InChI=1S/C16H23N3O3.C2HF3O2/c1-13(20)19-6-5-18(9-14-4-3-7-22-14)11-16(12-19)8-15(21)17(2)10-16;3-2(4,5)1(6)7/h3-4,7H,5-6,8-12H2,1-2H3;(H,6,7). The maximum Gasteiger partial charge on any atom is 0.490 e. The summed E-state index contributed by atoms with van der Waals surface area (Å²) in [5, 5.41) is 7.12. The summed E-state index contributed by atoms with van der Waals surface area (Å²) in [6.45, 7) is 6.02. The Hall–Kier alpha value is -2.56. The second kappa shape index (κ2) is 8.85. The van der Waals surface area contributed by atoms with Crippen LogP contribution in [0.3, 0.4) is 0 Å². The zero-order valence-corrected chi connectivity index (χ0v) is 16.2. The first-order valence-corrected chi connectivity index (χ1v) is 8.96. The first-order chi connectivity index (χ1) is 13.4. The van der Waals surface area contributed by atoms with Gasteiger partial charge in [0.25, 0.3) is 0 Å². The first kappa shape index (κ1) is 22.7. The number of amides is 2. The van der Waals surface area contributed by atoms with Crippen molar-refractivity contribution in [3.63, 3.8) is 0 Å². The largest absolute Gasteiger partial charge is 0.490 e. The average Bonchev–Trinajstić information content (AvgIpc) is 3.14. The van der Waals surface area contributed by atoms with Crippen LogP contribution in [0.4, 0.5) is 13.2 Å². The molecule has 2 fully saturated rings. The molecule has 0 saturated carbocycles. The van der Waals surface area contributed by atoms with Crippen molar-refractivity contribution in [3.05, 3.63) is 24.2 Å². The van der Waals surface area contributed by atoms with Crippen molar-refractivity contribution < 1.29 is 37.1 Å². The van der Waals surface area contributed by atoms with Gasteiger partial charge in [0.1, 0.15) is 5.76 Å². The number of carbonyl (C=O) groups excluding carboxylic acids is 2. The van der Waals surface area contributed by atoms with E-state index >= 15 is 0 Å². The minimum Gasteiger partial charge on any atom is -0.475 e. The normalized spacial score (nSPS) is 23.0. The molecular weight excluding hydrogens is 395 g/mol. The topological polar surface area (TPSA) is 94.3 Å². The Balaban J connectivity index is 0.000000370. The Bertz CT molecular complexity index is 738. The SMILES string of the molecule is CC(=O)N1CCN(Cc2ccco2)CC2(CC(=O)N(C)C2)C1.O=C(O)C(F)(F)F. The average molecular weight is 419 g/mol. The number of nitrogens with zero attached hydrogens (tertiary/aromatic N) is 3. The zero-order valence-electron chi connectivity index (χ0n) is 16.2. The van der Waals surface area contributed by atoms with Crippen LogP contribution in [0.1, 0.15) is 19.1 Å². The molecule has 2 amide bonds. The second-order valence-electron chi connectivity index (χ2n) is 7.46. The van der Waals surface area contributed by atoms with Gasteiger partial charge in [0.2, 0.25) is 11.8 Å². The molecule has 0 radical (unpaired) electrons. The van der Waals surface area contributed by atoms with Crippen LogP contribution >= 0.6 is 0 Å². The molecule has 1 aromatic rings. The molecule has 29 heavy (non-hydrogen) atoms. The van der Waals surface area contributed by atoms with E-state index in [-0.39, 0.29) is 17.2 Å². The van der Waals surface area contributed by atoms with Gasteiger partial charge in [-0.25, -0.2) is 4.79 Å². The molecule has 3 rings (SSSR count). The van der Waals surface area contributed by atoms with E-state index in [0.717, 1.165) is 25.4 Å². The van der Waals surface area contributed by atoms with Crippen molar-refractivity contribution in [1.29, 1.82) is 0 Å². The van der Waals surface area contributed by atoms with E-state index < -0.39 is 12.1 Å². The van der Waals surface area contributed by atoms with Crippen molar-refractivity contribution in [1.82, 2.24) is 14.7 Å². The Morgan fingerprint density at radius 2 is 1.90 bits per heavy atom. The van der Waals surface area contributed by atoms with E-state index in [1.54, 1.807) is 18.1 Å². The van der Waals surface area contributed by atoms with Gasteiger partial charge in [-0.1, -0.05) is 0 Å². The molecule has 0 aromatic carbocycles. The molecule has 1 aromatic heterocycles. The van der Waals surface area contributed by atoms with Crippen LogP contribution in [-0.4, -0.2) is 83.5 Å². The van der Waals surface area contributed by atoms with Crippen LogP contribution in [0.25, 0.3) is 0 Å². The summed E-state index contributed by atoms with van der Waals surface area (Å²) < 4.78 is 37.2. The minimum absolute atomic E-state index is 0.0845. The Kier molecular flexibility index (Phi) is 6.93. The number of aliphatic carboxylic acids is 1. The zero-order chi connectivity index (χ0) is 21.8. The van der Waals surface area contributed by atoms with Gasteiger partial charge in [-0.2, -0.15) is 13.2 Å². The number of furan rings is 1. The van der Waals surface area contributed by atoms with Gasteiger partial charge in [0, 0.05) is 58.5 Å². The van der Waals surface area contributed by atoms with Gasteiger partial charge in [0.15, 0.2) is 0 Å². The Morgan fingerprint density at radius 1 is 1.24 bits per heavy atom. The smallest absolute Gasteiger partial charge is 0.475 e. The molecule has 1 unspecified atom stereocenters. The van der Waals surface area contributed by atoms with E-state index in [0.29, 0.717) is 26.1 Å². The lowest BCUT2D eigenvalue weighted by Gasteiger charge is -2.33. The van der Waals surface area contributed by atoms with E-state index in [2.05, 4.69) is 4.90 Å². The van der Waals surface area contributed by atoms with E-state index in [4.69, 9.17) is 14.3 Å². The monoisotopic (exact) mass is 419 g/mol. The van der Waals surface area contributed by atoms with Crippen LogP contribution in [0, 0.1) is 5.41 Å². The minimum atomic E-state index is -5.08. The van der Waals surface area contributed by atoms with Crippen LogP contribution < -0.4 is 0 Å². The molecular formula is C18H24F3N3O5. The predicted octanol–water partition coefficient (Wildman–Crippen LogP) is 1.43. The lowest BCUT2D eigenvalue weighted by atomic mass is 9.86. The molecule has 1 N–H and O–H groups in total. The summed E-state index contributed by atoms with van der Waals surface area (Å²) in [5.74, 6) is -1.58. The molecule has 2 aliphatic heterocycles. The van der Waals surface area contributed by atoms with Gasteiger partial charge >= 0.3 is 12.1 Å². The maximum absolute atomic E-state index is 12.0. The fourth-order valence-electron chi connectivity index (χ4n) is 3.69. The number of carbonyl (C=O) groups is 3. The molecule has 2 aliphatic rings. The van der Waals surface area contributed by atoms with Gasteiger partial charge in [-0.05, 0) is 12.1 Å². The first-order valence-electron chi connectivity index (χ1n) is 8.96. The maximum atomic E-state index is 12.0. The van der Waals surface area contributed by atoms with E-state index in [1.165, 1.54) is 0 Å². The van der Waals surface area contributed by atoms with Gasteiger partial charge < -0.3 is 19.3 Å². The van der Waals surface area contributed by atoms with Crippen molar-refractivity contribution in [2.75, 3.05) is 39.8 Å². The summed E-state index contributed by atoms with van der Waals surface area (Å²) in [6.07, 6.45) is -2.89. The molecule has 1 atom stereocenters. The highest BCUT2D eigenvalue weighted by Gasteiger charge is 2.45. The van der Waals surface area contributed by atoms with Crippen molar-refractivity contribution in [3.8, 4) is 0 Å². The van der Waals surface area contributed by atoms with Crippen molar-refractivity contribution in [2.45, 2.75) is 26.1 Å². The molecule has 2 saturated heterocycles. The fraction of sp³-hybridized carbons (Fsp3) is 0.611. The fourth-order valence-corrected chi connectivity index (χ4v) is 3.69. The Labute approximate surface area is 165 Å². The number of hydrogen-bond donors (Lipinski definition) is 1. The predicted molar refractivity (Wildman–Crippen MR) is 94.6 cm³/mol. The molecule has 8 nitrogen and oxygen atoms in total. The van der Waals surface area contributed by atoms with Crippen LogP contribution in [0.15, 0.2) is 22.8 Å². The number of likely N-dealkylation sites (tertiary alicyclic amines) is 1. The number of alkyl halides is 3. The third kappa shape index (κ3) is 6.21. The molecule has 1 spiro atoms. The van der Waals surface area contributed by atoms with Gasteiger partial charge in [-0.3, -0.25) is 14.5 Å². The summed E-state index contributed by atoms with van der Waals surface area (Å²) >= 11 is 0. The summed E-state index contributed by atoms with van der Waals surface area (Å²) in [5.41, 5.74) is -0.166. The molecule has 0 bridgehead atoms. The second-order valence-corrected chi connectivity index (χ2v) is 7.46. The third-order valence-corrected chi connectivity index (χ3v) is 4.94. The highest BCUT2D eigenvalue weighted by molar-refractivity contribution is 5.80. The number of rotatable bonds is 2. The number of hydrogen-bond acceptors (Lipinski definition) is 5. The van der Waals surface area contributed by atoms with Crippen molar-refractivity contribution >= 4 is 17.8 Å². The Morgan fingerprint density at radius 3 is 2.34 bits per heavy atom. The summed E-state index contributed by atoms with van der Waals surface area (Å²) in [6, 6.07) is 3.85. The van der Waals surface area contributed by atoms with Gasteiger partial charge in [0.05, 0.1) is 12.8 Å². The lowest BCUT2D eigenvalue weighted by molar-refractivity contribution is -0.192. The highest BCUT2D eigenvalue weighted by Crippen LogP contribution is 2.34. The number of halogens is 3. The summed E-state index contributed by atoms with van der Waals surface area (Å²) in [4.78, 5) is 38.8. The summed E-state index contributed by atoms with van der Waals surface area (Å²) in [7, 11) is 1.84. The number of carboxylic acids is 1. The molecule has 162 valence electrons. The van der Waals surface area contributed by atoms with Gasteiger partial charge in [-0.15, -0.1) is 0 Å². The molecule has 11 heteroatoms. The van der Waals surface area contributed by atoms with E-state index in [9.17, 15) is 22.8 Å². The van der Waals surface area contributed by atoms with Crippen LogP contribution in [0.5, 0.6) is 0 Å². The van der Waals surface area contributed by atoms with Crippen molar-refractivity contribution in [2.24, 2.45) is 5.41 Å². The molecule has 3 heterocycles. The van der Waals surface area contributed by atoms with E-state index in [1.807, 2.05) is 24.1 Å². The highest BCUT2D eigenvalue weighted by atomic mass is 19.4. The third-order valence-electron chi connectivity index (χ3n) is 4.94. The number of carboxylic acid groups (broad SMARTS) is 1.